The summed E-state index contributed by atoms with van der Waals surface area (Å²) in [7, 11) is 1.57. The molecule has 0 heterocycles. The summed E-state index contributed by atoms with van der Waals surface area (Å²) in [5, 5.41) is 2.86. The Morgan fingerprint density at radius 1 is 1.19 bits per heavy atom. The van der Waals surface area contributed by atoms with Gasteiger partial charge in [-0.25, -0.2) is 0 Å². The highest BCUT2D eigenvalue weighted by Crippen LogP contribution is 2.28. The van der Waals surface area contributed by atoms with Crippen molar-refractivity contribution in [1.82, 2.24) is 0 Å². The van der Waals surface area contributed by atoms with Crippen LogP contribution in [0.25, 0.3) is 0 Å². The van der Waals surface area contributed by atoms with E-state index in [0.29, 0.717) is 24.7 Å². The van der Waals surface area contributed by atoms with Crippen LogP contribution in [0.3, 0.4) is 0 Å². The van der Waals surface area contributed by atoms with E-state index in [9.17, 15) is 4.79 Å². The zero-order valence-corrected chi connectivity index (χ0v) is 15.3. The van der Waals surface area contributed by atoms with Gasteiger partial charge in [0.2, 0.25) is 0 Å². The summed E-state index contributed by atoms with van der Waals surface area (Å²) in [6.45, 7) is 6.62. The molecule has 1 amide bonds. The number of hydrogen-bond acceptors (Lipinski definition) is 4. The second-order valence-corrected chi connectivity index (χ2v) is 5.61. The Hall–Kier alpha value is -2.79. The van der Waals surface area contributed by atoms with Crippen LogP contribution in [-0.2, 0) is 22.6 Å². The van der Waals surface area contributed by atoms with Gasteiger partial charge in [-0.15, -0.1) is 6.58 Å². The molecule has 5 nitrogen and oxygen atoms in total. The molecule has 0 radical (unpaired) electrons. The molecule has 0 aliphatic rings. The third-order valence-electron chi connectivity index (χ3n) is 3.72. The van der Waals surface area contributed by atoms with Gasteiger partial charge in [0.25, 0.3) is 5.91 Å². The second kappa shape index (κ2) is 10.3. The summed E-state index contributed by atoms with van der Waals surface area (Å²) in [6.07, 6.45) is 2.57. The van der Waals surface area contributed by atoms with E-state index in [2.05, 4.69) is 11.9 Å². The number of para-hydroxylation sites is 1. The molecule has 0 spiro atoms. The quantitative estimate of drug-likeness (QED) is 0.655. The van der Waals surface area contributed by atoms with E-state index >= 15 is 0 Å². The number of carbonyl (C=O) groups excluding carboxylic acids is 1. The Kier molecular flexibility index (Phi) is 7.71. The van der Waals surface area contributed by atoms with E-state index in [1.807, 2.05) is 49.4 Å². The maximum absolute atomic E-state index is 12.2. The Balaban J connectivity index is 1.98. The zero-order chi connectivity index (χ0) is 18.8. The zero-order valence-electron chi connectivity index (χ0n) is 15.3. The van der Waals surface area contributed by atoms with Crippen molar-refractivity contribution in [3.8, 4) is 11.5 Å². The average Bonchev–Trinajstić information content (AvgIpc) is 2.66. The summed E-state index contributed by atoms with van der Waals surface area (Å²) in [4.78, 5) is 12.2. The van der Waals surface area contributed by atoms with Crippen molar-refractivity contribution in [2.75, 3.05) is 25.6 Å². The van der Waals surface area contributed by atoms with Crippen molar-refractivity contribution in [3.63, 3.8) is 0 Å². The first-order chi connectivity index (χ1) is 12.7. The van der Waals surface area contributed by atoms with Crippen LogP contribution in [0.1, 0.15) is 18.1 Å². The van der Waals surface area contributed by atoms with Gasteiger partial charge in [-0.1, -0.05) is 30.3 Å². The van der Waals surface area contributed by atoms with Gasteiger partial charge in [0.05, 0.1) is 13.7 Å². The highest BCUT2D eigenvalue weighted by Gasteiger charge is 2.10. The van der Waals surface area contributed by atoms with Crippen LogP contribution in [0.15, 0.2) is 55.1 Å². The molecule has 0 saturated heterocycles. The predicted molar refractivity (Wildman–Crippen MR) is 103 cm³/mol. The van der Waals surface area contributed by atoms with Gasteiger partial charge in [0, 0.05) is 17.9 Å². The van der Waals surface area contributed by atoms with Crippen LogP contribution < -0.4 is 14.8 Å². The number of hydrogen-bond donors (Lipinski definition) is 1. The third kappa shape index (κ3) is 5.63. The highest BCUT2D eigenvalue weighted by molar-refractivity contribution is 5.92. The fraction of sp³-hybridized carbons (Fsp3) is 0.286. The van der Waals surface area contributed by atoms with Crippen LogP contribution in [0.5, 0.6) is 11.5 Å². The minimum absolute atomic E-state index is 0.111. The molecule has 2 aromatic carbocycles. The molecule has 138 valence electrons. The normalized spacial score (nSPS) is 10.2. The molecular weight excluding hydrogens is 330 g/mol. The standard InChI is InChI=1S/C21H25NO4/c1-4-8-16-11-12-19(20(13-16)24-3)26-15-21(23)22-18-10-7-6-9-17(18)14-25-5-2/h4,6-7,9-13H,1,5,8,14-15H2,2-3H3,(H,22,23). The van der Waals surface area contributed by atoms with Gasteiger partial charge >= 0.3 is 0 Å². The number of nitrogens with one attached hydrogen (secondary N) is 1. The number of ether oxygens (including phenoxy) is 3. The molecule has 0 atom stereocenters. The lowest BCUT2D eigenvalue weighted by Crippen LogP contribution is -2.21. The molecule has 26 heavy (non-hydrogen) atoms. The highest BCUT2D eigenvalue weighted by atomic mass is 16.5. The van der Waals surface area contributed by atoms with E-state index in [1.54, 1.807) is 13.2 Å². The summed E-state index contributed by atoms with van der Waals surface area (Å²) in [5.41, 5.74) is 2.72. The number of methoxy groups -OCH3 is 1. The molecule has 2 aromatic rings. The maximum atomic E-state index is 12.2. The number of anilines is 1. The first-order valence-corrected chi connectivity index (χ1v) is 8.54. The van der Waals surface area contributed by atoms with Crippen molar-refractivity contribution in [2.45, 2.75) is 20.0 Å². The molecule has 0 aliphatic carbocycles. The summed E-state index contributed by atoms with van der Waals surface area (Å²) < 4.78 is 16.4. The summed E-state index contributed by atoms with van der Waals surface area (Å²) in [5.74, 6) is 0.873. The number of rotatable bonds is 10. The average molecular weight is 355 g/mol. The largest absolute Gasteiger partial charge is 0.493 e. The topological polar surface area (TPSA) is 56.8 Å². The molecule has 2 rings (SSSR count). The van der Waals surface area contributed by atoms with Crippen LogP contribution in [0.2, 0.25) is 0 Å². The van der Waals surface area contributed by atoms with E-state index < -0.39 is 0 Å². The number of amides is 1. The summed E-state index contributed by atoms with van der Waals surface area (Å²) in [6, 6.07) is 13.2. The molecule has 0 unspecified atom stereocenters. The number of carbonyl (C=O) groups is 1. The predicted octanol–water partition coefficient (Wildman–Crippen LogP) is 3.98. The molecule has 5 heteroatoms. The molecule has 0 bridgehead atoms. The van der Waals surface area contributed by atoms with Crippen molar-refractivity contribution in [1.29, 1.82) is 0 Å². The van der Waals surface area contributed by atoms with Crippen LogP contribution in [0, 0.1) is 0 Å². The molecule has 1 N–H and O–H groups in total. The SMILES string of the molecule is C=CCc1ccc(OCC(=O)Nc2ccccc2COCC)c(OC)c1. The first kappa shape index (κ1) is 19.5. The molecule has 0 aromatic heterocycles. The maximum Gasteiger partial charge on any atom is 0.262 e. The number of allylic oxidation sites excluding steroid dienone is 1. The van der Waals surface area contributed by atoms with Crippen LogP contribution in [0.4, 0.5) is 5.69 Å². The lowest BCUT2D eigenvalue weighted by Gasteiger charge is -2.13. The van der Waals surface area contributed by atoms with Crippen molar-refractivity contribution < 1.29 is 19.0 Å². The summed E-state index contributed by atoms with van der Waals surface area (Å²) >= 11 is 0. The van der Waals surface area contributed by atoms with Crippen LogP contribution >= 0.6 is 0 Å². The molecule has 0 aliphatic heterocycles. The Morgan fingerprint density at radius 2 is 2.00 bits per heavy atom. The van der Waals surface area contributed by atoms with Crippen molar-refractivity contribution >= 4 is 11.6 Å². The first-order valence-electron chi connectivity index (χ1n) is 8.54. The lowest BCUT2D eigenvalue weighted by atomic mass is 10.1. The molecule has 0 saturated carbocycles. The fourth-order valence-corrected chi connectivity index (χ4v) is 2.43. The van der Waals surface area contributed by atoms with Gasteiger partial charge < -0.3 is 19.5 Å². The Bertz CT molecular complexity index is 743. The fourth-order valence-electron chi connectivity index (χ4n) is 2.43. The lowest BCUT2D eigenvalue weighted by molar-refractivity contribution is -0.118. The van der Waals surface area contributed by atoms with Crippen molar-refractivity contribution in [2.24, 2.45) is 0 Å². The van der Waals surface area contributed by atoms with Gasteiger partial charge in [-0.05, 0) is 37.1 Å². The van der Waals surface area contributed by atoms with Crippen molar-refractivity contribution in [3.05, 3.63) is 66.2 Å². The monoisotopic (exact) mass is 355 g/mol. The van der Waals surface area contributed by atoms with Gasteiger partial charge in [0.1, 0.15) is 0 Å². The number of benzene rings is 2. The van der Waals surface area contributed by atoms with Gasteiger partial charge in [0.15, 0.2) is 18.1 Å². The Labute approximate surface area is 154 Å². The third-order valence-corrected chi connectivity index (χ3v) is 3.72. The molecular formula is C21H25NO4. The Morgan fingerprint density at radius 3 is 2.73 bits per heavy atom. The van der Waals surface area contributed by atoms with E-state index in [0.717, 1.165) is 23.2 Å². The smallest absolute Gasteiger partial charge is 0.262 e. The van der Waals surface area contributed by atoms with Gasteiger partial charge in [-0.3, -0.25) is 4.79 Å². The van der Waals surface area contributed by atoms with E-state index in [4.69, 9.17) is 14.2 Å². The van der Waals surface area contributed by atoms with E-state index in [1.165, 1.54) is 0 Å². The minimum atomic E-state index is -0.244. The minimum Gasteiger partial charge on any atom is -0.493 e. The molecule has 0 fully saturated rings. The van der Waals surface area contributed by atoms with E-state index in [-0.39, 0.29) is 12.5 Å². The van der Waals surface area contributed by atoms with Gasteiger partial charge in [-0.2, -0.15) is 0 Å². The van der Waals surface area contributed by atoms with Crippen LogP contribution in [-0.4, -0.2) is 26.2 Å². The second-order valence-electron chi connectivity index (χ2n) is 5.61.